The number of rotatable bonds is 6. The number of hydrogen-bond donors (Lipinski definition) is 1. The van der Waals surface area contributed by atoms with Gasteiger partial charge in [0.15, 0.2) is 0 Å². The van der Waals surface area contributed by atoms with Crippen molar-refractivity contribution in [1.82, 2.24) is 14.8 Å². The van der Waals surface area contributed by atoms with Gasteiger partial charge in [0.2, 0.25) is 0 Å². The van der Waals surface area contributed by atoms with Gasteiger partial charge < -0.3 is 14.9 Å². The number of anilines is 2. The zero-order chi connectivity index (χ0) is 18.5. The number of β-amino-alcohol motifs (C(OH)–C–C–N with tert-alkyl or cyclic N) is 1. The van der Waals surface area contributed by atoms with Crippen LogP contribution < -0.4 is 4.90 Å². The molecular formula is C21H28N4OS. The Hall–Kier alpha value is -1.60. The number of para-hydroxylation sites is 1. The van der Waals surface area contributed by atoms with Gasteiger partial charge in [0.1, 0.15) is 5.82 Å². The lowest BCUT2D eigenvalue weighted by molar-refractivity contribution is 0.196. The summed E-state index contributed by atoms with van der Waals surface area (Å²) in [4.78, 5) is 14.6. The molecule has 0 bridgehead atoms. The Morgan fingerprint density at radius 2 is 1.67 bits per heavy atom. The van der Waals surface area contributed by atoms with Gasteiger partial charge in [0, 0.05) is 37.3 Å². The molecule has 4 rings (SSSR count). The van der Waals surface area contributed by atoms with Gasteiger partial charge in [0.05, 0.1) is 17.2 Å². The average molecular weight is 385 g/mol. The topological polar surface area (TPSA) is 42.8 Å². The van der Waals surface area contributed by atoms with Crippen molar-refractivity contribution in [3.63, 3.8) is 0 Å². The van der Waals surface area contributed by atoms with E-state index in [0.29, 0.717) is 0 Å². The number of aliphatic hydroxyl groups is 1. The maximum atomic E-state index is 9.15. The van der Waals surface area contributed by atoms with Crippen LogP contribution in [-0.2, 0) is 0 Å². The molecule has 1 fully saturated rings. The average Bonchev–Trinajstić information content (AvgIpc) is 2.93. The van der Waals surface area contributed by atoms with E-state index in [1.165, 1.54) is 21.9 Å². The van der Waals surface area contributed by atoms with Crippen LogP contribution in [0.5, 0.6) is 0 Å². The lowest BCUT2D eigenvalue weighted by Gasteiger charge is -2.32. The molecule has 144 valence electrons. The smallest absolute Gasteiger partial charge is 0.147 e. The van der Waals surface area contributed by atoms with E-state index in [-0.39, 0.29) is 6.61 Å². The number of pyridine rings is 1. The Bertz CT molecular complexity index is 711. The van der Waals surface area contributed by atoms with Crippen LogP contribution in [0.2, 0.25) is 0 Å². The maximum Gasteiger partial charge on any atom is 0.147 e. The van der Waals surface area contributed by atoms with Gasteiger partial charge in [-0.25, -0.2) is 4.98 Å². The van der Waals surface area contributed by atoms with Gasteiger partial charge in [-0.1, -0.05) is 23.9 Å². The monoisotopic (exact) mass is 384 g/mol. The molecule has 6 heteroatoms. The number of aromatic nitrogens is 1. The highest BCUT2D eigenvalue weighted by atomic mass is 32.2. The van der Waals surface area contributed by atoms with Crippen LogP contribution in [0.1, 0.15) is 12.8 Å². The highest BCUT2D eigenvalue weighted by molar-refractivity contribution is 7.99. The second-order valence-electron chi connectivity index (χ2n) is 7.16. The molecule has 0 unspecified atom stereocenters. The predicted molar refractivity (Wildman–Crippen MR) is 111 cm³/mol. The van der Waals surface area contributed by atoms with Crippen molar-refractivity contribution < 1.29 is 5.11 Å². The number of nitrogens with zero attached hydrogens (tertiary/aromatic N) is 4. The van der Waals surface area contributed by atoms with Gasteiger partial charge in [-0.2, -0.15) is 0 Å². The van der Waals surface area contributed by atoms with Crippen LogP contribution in [0, 0.1) is 0 Å². The normalized spacial score (nSPS) is 18.0. The minimum absolute atomic E-state index is 0.263. The summed E-state index contributed by atoms with van der Waals surface area (Å²) in [5, 5.41) is 9.15. The lowest BCUT2D eigenvalue weighted by atomic mass is 10.2. The highest BCUT2D eigenvalue weighted by Crippen LogP contribution is 2.46. The van der Waals surface area contributed by atoms with Gasteiger partial charge in [-0.3, -0.25) is 4.90 Å². The fourth-order valence-corrected chi connectivity index (χ4v) is 5.02. The molecule has 2 aliphatic rings. The summed E-state index contributed by atoms with van der Waals surface area (Å²) in [5.41, 5.74) is 1.28. The standard InChI is InChI=1S/C21H28N4OS/c26-17-16-24-11-4-10-23(14-15-24)12-5-13-25-18-6-1-2-7-19(18)27-20-8-3-9-22-21(20)25/h1-3,6-9,26H,4-5,10-17H2. The molecule has 2 aromatic rings. The first-order valence-corrected chi connectivity index (χ1v) is 10.7. The molecule has 1 saturated heterocycles. The first-order valence-electron chi connectivity index (χ1n) is 9.90. The number of aliphatic hydroxyl groups excluding tert-OH is 1. The van der Waals surface area contributed by atoms with Gasteiger partial charge in [-0.15, -0.1) is 0 Å². The Balaban J connectivity index is 1.39. The molecule has 0 amide bonds. The third-order valence-corrected chi connectivity index (χ3v) is 6.44. The van der Waals surface area contributed by atoms with Gasteiger partial charge >= 0.3 is 0 Å². The summed E-state index contributed by atoms with van der Waals surface area (Å²) in [5.74, 6) is 1.09. The minimum Gasteiger partial charge on any atom is -0.395 e. The Morgan fingerprint density at radius 3 is 2.52 bits per heavy atom. The van der Waals surface area contributed by atoms with E-state index in [1.54, 1.807) is 0 Å². The fourth-order valence-electron chi connectivity index (χ4n) is 3.96. The fraction of sp³-hybridized carbons (Fsp3) is 0.476. The van der Waals surface area contributed by atoms with Gasteiger partial charge in [0.25, 0.3) is 0 Å². The molecule has 27 heavy (non-hydrogen) atoms. The number of hydrogen-bond acceptors (Lipinski definition) is 6. The molecule has 1 N–H and O–H groups in total. The summed E-state index contributed by atoms with van der Waals surface area (Å²) < 4.78 is 0. The summed E-state index contributed by atoms with van der Waals surface area (Å²) in [7, 11) is 0. The molecule has 0 spiro atoms. The first kappa shape index (κ1) is 18.7. The Labute approximate surface area is 166 Å². The summed E-state index contributed by atoms with van der Waals surface area (Å²) in [6, 6.07) is 12.8. The molecule has 1 aromatic heterocycles. The molecule has 0 saturated carbocycles. The van der Waals surface area contributed by atoms with Gasteiger partial charge in [-0.05, 0) is 56.7 Å². The third kappa shape index (κ3) is 4.46. The van der Waals surface area contributed by atoms with E-state index in [2.05, 4.69) is 50.0 Å². The summed E-state index contributed by atoms with van der Waals surface area (Å²) in [6.45, 7) is 7.58. The van der Waals surface area contributed by atoms with Crippen molar-refractivity contribution in [1.29, 1.82) is 0 Å². The van der Waals surface area contributed by atoms with Crippen molar-refractivity contribution in [3.8, 4) is 0 Å². The molecule has 3 heterocycles. The molecule has 5 nitrogen and oxygen atoms in total. The number of fused-ring (bicyclic) bond motifs is 2. The molecule has 0 aliphatic carbocycles. The summed E-state index contributed by atoms with van der Waals surface area (Å²) in [6.07, 6.45) is 4.20. The largest absolute Gasteiger partial charge is 0.395 e. The molecule has 0 atom stereocenters. The summed E-state index contributed by atoms with van der Waals surface area (Å²) >= 11 is 1.81. The second-order valence-corrected chi connectivity index (χ2v) is 8.24. The Kier molecular flexibility index (Phi) is 6.29. The van der Waals surface area contributed by atoms with Crippen molar-refractivity contribution >= 4 is 23.3 Å². The van der Waals surface area contributed by atoms with E-state index >= 15 is 0 Å². The quantitative estimate of drug-likeness (QED) is 0.826. The van der Waals surface area contributed by atoms with E-state index in [9.17, 15) is 0 Å². The highest BCUT2D eigenvalue weighted by Gasteiger charge is 2.24. The van der Waals surface area contributed by atoms with Crippen LogP contribution in [0.3, 0.4) is 0 Å². The number of benzene rings is 1. The van der Waals surface area contributed by atoms with Crippen LogP contribution in [0.25, 0.3) is 0 Å². The minimum atomic E-state index is 0.263. The zero-order valence-electron chi connectivity index (χ0n) is 15.8. The molecule has 1 aromatic carbocycles. The van der Waals surface area contributed by atoms with Crippen molar-refractivity contribution in [3.05, 3.63) is 42.6 Å². The van der Waals surface area contributed by atoms with Crippen molar-refractivity contribution in [2.75, 3.05) is 57.3 Å². The zero-order valence-corrected chi connectivity index (χ0v) is 16.6. The van der Waals surface area contributed by atoms with Crippen molar-refractivity contribution in [2.24, 2.45) is 0 Å². The van der Waals surface area contributed by atoms with Crippen LogP contribution >= 0.6 is 11.8 Å². The molecule has 0 radical (unpaired) electrons. The van der Waals surface area contributed by atoms with Crippen molar-refractivity contribution in [2.45, 2.75) is 22.6 Å². The van der Waals surface area contributed by atoms with E-state index in [0.717, 1.165) is 58.1 Å². The molecular weight excluding hydrogens is 356 g/mol. The maximum absolute atomic E-state index is 9.15. The van der Waals surface area contributed by atoms with Crippen LogP contribution in [0.4, 0.5) is 11.5 Å². The first-order chi connectivity index (χ1) is 13.3. The SMILES string of the molecule is OCCN1CCCN(CCCN2c3ccccc3Sc3cccnc32)CC1. The predicted octanol–water partition coefficient (Wildman–Crippen LogP) is 3.07. The van der Waals surface area contributed by atoms with Crippen LogP contribution in [-0.4, -0.2) is 72.3 Å². The molecule has 2 aliphatic heterocycles. The third-order valence-electron chi connectivity index (χ3n) is 5.34. The lowest BCUT2D eigenvalue weighted by Crippen LogP contribution is -2.34. The Morgan fingerprint density at radius 1 is 0.889 bits per heavy atom. The van der Waals surface area contributed by atoms with E-state index in [1.807, 2.05) is 24.0 Å². The van der Waals surface area contributed by atoms with Crippen LogP contribution in [0.15, 0.2) is 52.4 Å². The van der Waals surface area contributed by atoms with E-state index in [4.69, 9.17) is 5.11 Å². The van der Waals surface area contributed by atoms with E-state index < -0.39 is 0 Å². The second kappa shape index (κ2) is 9.06.